The van der Waals surface area contributed by atoms with Crippen molar-refractivity contribution in [1.82, 2.24) is 9.88 Å². The Balaban J connectivity index is 1.80. The van der Waals surface area contributed by atoms with Crippen molar-refractivity contribution in [3.63, 3.8) is 0 Å². The molecule has 1 N–H and O–H groups in total. The van der Waals surface area contributed by atoms with Crippen LogP contribution in [0.15, 0.2) is 42.7 Å². The summed E-state index contributed by atoms with van der Waals surface area (Å²) in [7, 11) is 0. The van der Waals surface area contributed by atoms with Crippen molar-refractivity contribution in [3.8, 4) is 0 Å². The van der Waals surface area contributed by atoms with Crippen LogP contribution in [0.1, 0.15) is 24.0 Å². The zero-order chi connectivity index (χ0) is 17.9. The highest BCUT2D eigenvalue weighted by atomic mass is 19.1. The molecule has 1 fully saturated rings. The minimum Gasteiger partial charge on any atom is -0.481 e. The van der Waals surface area contributed by atoms with Crippen LogP contribution in [-0.2, 0) is 17.8 Å². The molecule has 0 radical (unpaired) electrons. The van der Waals surface area contributed by atoms with E-state index in [1.807, 2.05) is 12.1 Å². The lowest BCUT2D eigenvalue weighted by molar-refractivity contribution is -0.152. The molecule has 25 heavy (non-hydrogen) atoms. The van der Waals surface area contributed by atoms with Gasteiger partial charge in [0, 0.05) is 31.5 Å². The van der Waals surface area contributed by atoms with E-state index in [2.05, 4.69) is 9.88 Å². The van der Waals surface area contributed by atoms with Gasteiger partial charge in [-0.25, -0.2) is 8.78 Å². The maximum absolute atomic E-state index is 14.0. The van der Waals surface area contributed by atoms with Gasteiger partial charge in [-0.3, -0.25) is 14.7 Å². The van der Waals surface area contributed by atoms with E-state index in [1.54, 1.807) is 12.4 Å². The Morgan fingerprint density at radius 3 is 2.68 bits per heavy atom. The van der Waals surface area contributed by atoms with Crippen LogP contribution in [0.2, 0.25) is 0 Å². The van der Waals surface area contributed by atoms with Gasteiger partial charge in [0.05, 0.1) is 5.41 Å². The van der Waals surface area contributed by atoms with Crippen molar-refractivity contribution < 1.29 is 18.7 Å². The quantitative estimate of drug-likeness (QED) is 0.903. The van der Waals surface area contributed by atoms with Gasteiger partial charge in [-0.2, -0.15) is 0 Å². The molecule has 6 heteroatoms. The first-order valence-corrected chi connectivity index (χ1v) is 8.27. The van der Waals surface area contributed by atoms with Gasteiger partial charge in [0.15, 0.2) is 0 Å². The zero-order valence-electron chi connectivity index (χ0n) is 13.8. The summed E-state index contributed by atoms with van der Waals surface area (Å²) in [6, 6.07) is 7.12. The highest BCUT2D eigenvalue weighted by molar-refractivity contribution is 5.75. The molecule has 1 aliphatic rings. The minimum absolute atomic E-state index is 0.0568. The third kappa shape index (κ3) is 4.02. The van der Waals surface area contributed by atoms with E-state index < -0.39 is 23.0 Å². The third-order valence-corrected chi connectivity index (χ3v) is 4.81. The van der Waals surface area contributed by atoms with Gasteiger partial charge in [-0.05, 0) is 55.1 Å². The summed E-state index contributed by atoms with van der Waals surface area (Å²) in [4.78, 5) is 18.1. The number of carboxylic acids is 1. The molecule has 132 valence electrons. The second-order valence-corrected chi connectivity index (χ2v) is 6.67. The average molecular weight is 346 g/mol. The second kappa shape index (κ2) is 7.27. The molecule has 3 rings (SSSR count). The van der Waals surface area contributed by atoms with Crippen molar-refractivity contribution in [1.29, 1.82) is 0 Å². The number of aromatic nitrogens is 1. The van der Waals surface area contributed by atoms with Crippen LogP contribution in [0.25, 0.3) is 0 Å². The lowest BCUT2D eigenvalue weighted by Crippen LogP contribution is -2.48. The molecule has 1 aliphatic heterocycles. The Kier molecular flexibility index (Phi) is 5.08. The Morgan fingerprint density at radius 2 is 2.00 bits per heavy atom. The van der Waals surface area contributed by atoms with Crippen LogP contribution in [-0.4, -0.2) is 34.0 Å². The standard InChI is InChI=1S/C19H20F2N2O2/c20-16-3-2-15(17(21)10-16)11-19(18(24)25)6-1-9-23(13-19)12-14-4-7-22-8-5-14/h2-5,7-8,10H,1,6,9,11-13H2,(H,24,25)/t19-/m0/s1. The molecule has 2 heterocycles. The van der Waals surface area contributed by atoms with Crippen molar-refractivity contribution in [3.05, 3.63) is 65.5 Å². The Hall–Kier alpha value is -2.34. The number of nitrogens with zero attached hydrogens (tertiary/aromatic N) is 2. The largest absolute Gasteiger partial charge is 0.481 e. The molecule has 0 saturated carbocycles. The van der Waals surface area contributed by atoms with Crippen LogP contribution in [0.5, 0.6) is 0 Å². The van der Waals surface area contributed by atoms with Crippen molar-refractivity contribution in [2.45, 2.75) is 25.8 Å². The molecule has 4 nitrogen and oxygen atoms in total. The van der Waals surface area contributed by atoms with Gasteiger partial charge >= 0.3 is 5.97 Å². The SMILES string of the molecule is O=C(O)[C@]1(Cc2ccc(F)cc2F)CCCN(Cc2ccncc2)C1. The number of hydrogen-bond acceptors (Lipinski definition) is 3. The molecule has 0 aliphatic carbocycles. The molecule has 0 unspecified atom stereocenters. The van der Waals surface area contributed by atoms with Gasteiger partial charge in [-0.15, -0.1) is 0 Å². The monoisotopic (exact) mass is 346 g/mol. The molecule has 0 spiro atoms. The summed E-state index contributed by atoms with van der Waals surface area (Å²) in [5.74, 6) is -2.28. The molecular weight excluding hydrogens is 326 g/mol. The first-order valence-electron chi connectivity index (χ1n) is 8.27. The molecule has 0 amide bonds. The predicted molar refractivity (Wildman–Crippen MR) is 88.9 cm³/mol. The molecule has 1 aromatic carbocycles. The van der Waals surface area contributed by atoms with Crippen LogP contribution in [0.3, 0.4) is 0 Å². The number of likely N-dealkylation sites (tertiary alicyclic amines) is 1. The van der Waals surface area contributed by atoms with Crippen LogP contribution >= 0.6 is 0 Å². The number of benzene rings is 1. The summed E-state index contributed by atoms with van der Waals surface area (Å²) in [6.45, 7) is 1.76. The van der Waals surface area contributed by atoms with E-state index in [1.165, 1.54) is 12.1 Å². The topological polar surface area (TPSA) is 53.4 Å². The highest BCUT2D eigenvalue weighted by Gasteiger charge is 2.42. The molecular formula is C19H20F2N2O2. The number of rotatable bonds is 5. The third-order valence-electron chi connectivity index (χ3n) is 4.81. The van der Waals surface area contributed by atoms with E-state index in [0.717, 1.165) is 24.6 Å². The van der Waals surface area contributed by atoms with Crippen LogP contribution < -0.4 is 0 Å². The number of carbonyl (C=O) groups is 1. The molecule has 1 saturated heterocycles. The van der Waals surface area contributed by atoms with E-state index >= 15 is 0 Å². The fourth-order valence-corrected chi connectivity index (χ4v) is 3.53. The fraction of sp³-hybridized carbons (Fsp3) is 0.368. The van der Waals surface area contributed by atoms with Crippen molar-refractivity contribution in [2.75, 3.05) is 13.1 Å². The Bertz CT molecular complexity index is 754. The number of pyridine rings is 1. The number of aliphatic carboxylic acids is 1. The number of piperidine rings is 1. The molecule has 2 aromatic rings. The van der Waals surface area contributed by atoms with Gasteiger partial charge in [0.25, 0.3) is 0 Å². The Morgan fingerprint density at radius 1 is 1.24 bits per heavy atom. The summed E-state index contributed by atoms with van der Waals surface area (Å²) < 4.78 is 27.1. The normalized spacial score (nSPS) is 21.2. The molecule has 0 bridgehead atoms. The van der Waals surface area contributed by atoms with Crippen LogP contribution in [0, 0.1) is 17.0 Å². The van der Waals surface area contributed by atoms with E-state index in [0.29, 0.717) is 19.5 Å². The minimum atomic E-state index is -1.07. The van der Waals surface area contributed by atoms with Gasteiger partial charge in [0.1, 0.15) is 11.6 Å². The Labute approximate surface area is 145 Å². The van der Waals surface area contributed by atoms with Gasteiger partial charge in [0.2, 0.25) is 0 Å². The number of hydrogen-bond donors (Lipinski definition) is 1. The lowest BCUT2D eigenvalue weighted by Gasteiger charge is -2.40. The highest BCUT2D eigenvalue weighted by Crippen LogP contribution is 2.35. The van der Waals surface area contributed by atoms with Crippen LogP contribution in [0.4, 0.5) is 8.78 Å². The number of halogens is 2. The average Bonchev–Trinajstić information content (AvgIpc) is 2.58. The van der Waals surface area contributed by atoms with Crippen molar-refractivity contribution >= 4 is 5.97 Å². The molecule has 1 aromatic heterocycles. The number of carboxylic acid groups (broad SMARTS) is 1. The molecule has 1 atom stereocenters. The van der Waals surface area contributed by atoms with Crippen molar-refractivity contribution in [2.24, 2.45) is 5.41 Å². The maximum Gasteiger partial charge on any atom is 0.311 e. The predicted octanol–water partition coefficient (Wildman–Crippen LogP) is 3.27. The summed E-state index contributed by atoms with van der Waals surface area (Å²) in [5.41, 5.74) is 0.239. The fourth-order valence-electron chi connectivity index (χ4n) is 3.53. The van der Waals surface area contributed by atoms with E-state index in [4.69, 9.17) is 0 Å². The second-order valence-electron chi connectivity index (χ2n) is 6.67. The first kappa shape index (κ1) is 17.5. The zero-order valence-corrected chi connectivity index (χ0v) is 13.8. The first-order chi connectivity index (χ1) is 12.0. The lowest BCUT2D eigenvalue weighted by atomic mass is 9.75. The summed E-state index contributed by atoms with van der Waals surface area (Å²) >= 11 is 0. The smallest absolute Gasteiger partial charge is 0.311 e. The summed E-state index contributed by atoms with van der Waals surface area (Å²) in [6.07, 6.45) is 4.67. The summed E-state index contributed by atoms with van der Waals surface area (Å²) in [5, 5.41) is 9.85. The van der Waals surface area contributed by atoms with E-state index in [9.17, 15) is 18.7 Å². The van der Waals surface area contributed by atoms with E-state index in [-0.39, 0.29) is 12.0 Å². The van der Waals surface area contributed by atoms with Gasteiger partial charge < -0.3 is 5.11 Å². The van der Waals surface area contributed by atoms with Gasteiger partial charge in [-0.1, -0.05) is 6.07 Å². The maximum atomic E-state index is 14.0.